The van der Waals surface area contributed by atoms with Crippen LogP contribution in [0, 0.1) is 0 Å². The third kappa shape index (κ3) is 1.31. The summed E-state index contributed by atoms with van der Waals surface area (Å²) in [5, 5.41) is -1.07. The summed E-state index contributed by atoms with van der Waals surface area (Å²) in [6.45, 7) is 0. The van der Waals surface area contributed by atoms with Gasteiger partial charge in [0.05, 0.1) is 0 Å². The lowest BCUT2D eigenvalue weighted by Gasteiger charge is -1.96. The molecule has 5 heteroatoms. The first-order chi connectivity index (χ1) is 4.30. The quantitative estimate of drug-likeness (QED) is 0.533. The third-order valence-electron chi connectivity index (χ3n) is 0.740. The number of aromatic nitrogens is 2. The summed E-state index contributed by atoms with van der Waals surface area (Å²) in [5.74, 6) is -0.398. The van der Waals surface area contributed by atoms with Crippen LogP contribution < -0.4 is 5.34 Å². The predicted molar refractivity (Wildman–Crippen MR) is 26.7 cm³/mol. The average molecular weight is 131 g/mol. The first kappa shape index (κ1) is 5.87. The zero-order chi connectivity index (χ0) is 6.69. The summed E-state index contributed by atoms with van der Waals surface area (Å²) >= 11 is 0. The molecule has 0 saturated carbocycles. The maximum Gasteiger partial charge on any atom is 0.196 e. The van der Waals surface area contributed by atoms with Gasteiger partial charge >= 0.3 is 0 Å². The van der Waals surface area contributed by atoms with Crippen LogP contribution in [0.5, 0.6) is 0 Å². The molecule has 0 atom stereocenters. The molecule has 0 radical (unpaired) electrons. The molecule has 0 bridgehead atoms. The molecule has 0 unspecified atom stereocenters. The molecule has 0 aliphatic heterocycles. The van der Waals surface area contributed by atoms with E-state index in [0.717, 1.165) is 12.4 Å². The van der Waals surface area contributed by atoms with Crippen LogP contribution in [0.1, 0.15) is 0 Å². The predicted octanol–water partition coefficient (Wildman–Crippen LogP) is 1.05. The van der Waals surface area contributed by atoms with Crippen molar-refractivity contribution in [1.82, 2.24) is 9.97 Å². The first-order valence-electron chi connectivity index (χ1n) is 2.18. The van der Waals surface area contributed by atoms with Crippen molar-refractivity contribution in [3.05, 3.63) is 18.6 Å². The summed E-state index contributed by atoms with van der Waals surface area (Å²) in [6.07, 6.45) is 2.30. The van der Waals surface area contributed by atoms with Crippen molar-refractivity contribution in [2.24, 2.45) is 0 Å². The van der Waals surface area contributed by atoms with Crippen LogP contribution in [0.2, 0.25) is 0 Å². The van der Waals surface area contributed by atoms with E-state index in [1.54, 1.807) is 0 Å². The average Bonchev–Trinajstić information content (AvgIpc) is 1.90. The molecule has 0 aromatic carbocycles. The third-order valence-corrected chi connectivity index (χ3v) is 0.740. The standard InChI is InChI=1S/C4H3F2N3/c5-9(6)4-1-2-7-3-8-4/h1-3H. The van der Waals surface area contributed by atoms with E-state index in [1.807, 2.05) is 0 Å². The molecular formula is C4H3F2N3. The van der Waals surface area contributed by atoms with Gasteiger partial charge in [0.2, 0.25) is 0 Å². The molecule has 0 amide bonds. The smallest absolute Gasteiger partial charge is 0.196 e. The molecule has 1 rings (SSSR count). The van der Waals surface area contributed by atoms with Gasteiger partial charge in [-0.25, -0.2) is 9.97 Å². The van der Waals surface area contributed by atoms with Crippen molar-refractivity contribution in [3.63, 3.8) is 0 Å². The minimum absolute atomic E-state index is 0.398. The maximum absolute atomic E-state index is 11.5. The fraction of sp³-hybridized carbons (Fsp3) is 0. The summed E-state index contributed by atoms with van der Waals surface area (Å²) in [6, 6.07) is 1.11. The summed E-state index contributed by atoms with van der Waals surface area (Å²) in [4.78, 5) is 6.70. The molecule has 0 aliphatic rings. The van der Waals surface area contributed by atoms with Crippen LogP contribution >= 0.6 is 0 Å². The summed E-state index contributed by atoms with van der Waals surface area (Å²) in [5.41, 5.74) is 0. The van der Waals surface area contributed by atoms with E-state index in [2.05, 4.69) is 9.97 Å². The van der Waals surface area contributed by atoms with Gasteiger partial charge < -0.3 is 0 Å². The minimum Gasteiger partial charge on any atom is -0.245 e. The van der Waals surface area contributed by atoms with E-state index in [0.29, 0.717) is 0 Å². The van der Waals surface area contributed by atoms with E-state index in [9.17, 15) is 8.96 Å². The maximum atomic E-state index is 11.5. The van der Waals surface area contributed by atoms with Crippen LogP contribution in [0.4, 0.5) is 14.8 Å². The molecule has 0 spiro atoms. The highest BCUT2D eigenvalue weighted by molar-refractivity contribution is 5.28. The zero-order valence-electron chi connectivity index (χ0n) is 4.33. The second-order valence-corrected chi connectivity index (χ2v) is 1.30. The second-order valence-electron chi connectivity index (χ2n) is 1.30. The van der Waals surface area contributed by atoms with Gasteiger partial charge in [0.15, 0.2) is 5.82 Å². The van der Waals surface area contributed by atoms with E-state index in [4.69, 9.17) is 0 Å². The Hall–Kier alpha value is -1.26. The van der Waals surface area contributed by atoms with Crippen molar-refractivity contribution in [1.29, 1.82) is 0 Å². The van der Waals surface area contributed by atoms with Gasteiger partial charge in [-0.1, -0.05) is 8.96 Å². The number of halogens is 2. The van der Waals surface area contributed by atoms with E-state index >= 15 is 0 Å². The van der Waals surface area contributed by atoms with Crippen molar-refractivity contribution in [2.75, 3.05) is 5.34 Å². The Morgan fingerprint density at radius 2 is 2.22 bits per heavy atom. The van der Waals surface area contributed by atoms with Crippen LogP contribution in [0.25, 0.3) is 0 Å². The second kappa shape index (κ2) is 2.34. The Balaban J connectivity index is 2.85. The largest absolute Gasteiger partial charge is 0.245 e. The molecule has 1 heterocycles. The van der Waals surface area contributed by atoms with Gasteiger partial charge in [-0.05, 0) is 5.34 Å². The van der Waals surface area contributed by atoms with Gasteiger partial charge in [0, 0.05) is 12.3 Å². The summed E-state index contributed by atoms with van der Waals surface area (Å²) in [7, 11) is 0. The number of hydrogen-bond donors (Lipinski definition) is 0. The fourth-order valence-corrected chi connectivity index (χ4v) is 0.384. The lowest BCUT2D eigenvalue weighted by Crippen LogP contribution is -1.97. The van der Waals surface area contributed by atoms with Gasteiger partial charge in [0.1, 0.15) is 6.33 Å². The highest BCUT2D eigenvalue weighted by Crippen LogP contribution is 2.07. The molecule has 0 fully saturated rings. The Bertz CT molecular complexity index is 176. The minimum atomic E-state index is -1.07. The van der Waals surface area contributed by atoms with Gasteiger partial charge in [-0.2, -0.15) is 0 Å². The summed E-state index contributed by atoms with van der Waals surface area (Å²) < 4.78 is 23.0. The molecule has 0 N–H and O–H groups in total. The number of hydrogen-bond acceptors (Lipinski definition) is 3. The van der Waals surface area contributed by atoms with Crippen LogP contribution in [-0.2, 0) is 0 Å². The Morgan fingerprint density at radius 1 is 1.44 bits per heavy atom. The zero-order valence-corrected chi connectivity index (χ0v) is 4.33. The normalized spacial score (nSPS) is 9.11. The SMILES string of the molecule is FN(F)c1ccncn1. The Kier molecular flexibility index (Phi) is 1.53. The van der Waals surface area contributed by atoms with Crippen molar-refractivity contribution in [3.8, 4) is 0 Å². The Morgan fingerprint density at radius 3 is 2.56 bits per heavy atom. The Labute approximate surface area is 49.8 Å². The van der Waals surface area contributed by atoms with Crippen LogP contribution in [0.15, 0.2) is 18.6 Å². The van der Waals surface area contributed by atoms with E-state index < -0.39 is 11.2 Å². The van der Waals surface area contributed by atoms with E-state index in [-0.39, 0.29) is 0 Å². The molecular weight excluding hydrogens is 128 g/mol. The molecule has 1 aromatic heterocycles. The molecule has 9 heavy (non-hydrogen) atoms. The lowest BCUT2D eigenvalue weighted by atomic mass is 10.6. The van der Waals surface area contributed by atoms with Gasteiger partial charge in [-0.3, -0.25) is 0 Å². The van der Waals surface area contributed by atoms with E-state index in [1.165, 1.54) is 6.20 Å². The lowest BCUT2D eigenvalue weighted by molar-refractivity contribution is 0.231. The van der Waals surface area contributed by atoms with Crippen LogP contribution in [0.3, 0.4) is 0 Å². The molecule has 0 saturated heterocycles. The van der Waals surface area contributed by atoms with Crippen molar-refractivity contribution >= 4 is 5.82 Å². The molecule has 0 aliphatic carbocycles. The number of nitrogens with zero attached hydrogens (tertiary/aromatic N) is 3. The van der Waals surface area contributed by atoms with Gasteiger partial charge in [0.25, 0.3) is 0 Å². The molecule has 3 nitrogen and oxygen atoms in total. The van der Waals surface area contributed by atoms with Crippen LogP contribution in [-0.4, -0.2) is 9.97 Å². The van der Waals surface area contributed by atoms with Crippen molar-refractivity contribution < 1.29 is 8.96 Å². The first-order valence-corrected chi connectivity index (χ1v) is 2.18. The van der Waals surface area contributed by atoms with Crippen molar-refractivity contribution in [2.45, 2.75) is 0 Å². The molecule has 48 valence electrons. The number of anilines is 1. The topological polar surface area (TPSA) is 29.0 Å². The monoisotopic (exact) mass is 131 g/mol. The molecule has 1 aromatic rings. The number of rotatable bonds is 1. The highest BCUT2D eigenvalue weighted by Gasteiger charge is 2.00. The highest BCUT2D eigenvalue weighted by atomic mass is 19.4. The van der Waals surface area contributed by atoms with Gasteiger partial charge in [-0.15, -0.1) is 0 Å². The fourth-order valence-electron chi connectivity index (χ4n) is 0.384.